The van der Waals surface area contributed by atoms with Crippen molar-refractivity contribution in [1.29, 1.82) is 0 Å². The Balaban J connectivity index is 2.09. The molecular weight excluding hydrogens is 282 g/mol. The number of piperidine rings is 1. The third kappa shape index (κ3) is 3.09. The summed E-state index contributed by atoms with van der Waals surface area (Å²) in [6.45, 7) is 6.86. The zero-order valence-electron chi connectivity index (χ0n) is 10.3. The van der Waals surface area contributed by atoms with Crippen LogP contribution in [-0.2, 0) is 0 Å². The molecule has 1 aliphatic rings. The summed E-state index contributed by atoms with van der Waals surface area (Å²) in [7, 11) is 0. The number of ether oxygens (including phenoxy) is 1. The Hall–Kier alpha value is -0.840. The van der Waals surface area contributed by atoms with Gasteiger partial charge in [0.25, 0.3) is 0 Å². The van der Waals surface area contributed by atoms with E-state index in [0.29, 0.717) is 23.2 Å². The number of anilines is 1. The molecule has 0 spiro atoms. The molecule has 94 valence electrons. The summed E-state index contributed by atoms with van der Waals surface area (Å²) >= 11 is 3.72. The number of halogens is 1. The normalized spacial score (nSPS) is 24.8. The van der Waals surface area contributed by atoms with Crippen molar-refractivity contribution in [2.45, 2.75) is 25.1 Å². The van der Waals surface area contributed by atoms with Crippen molar-refractivity contribution in [1.82, 2.24) is 9.97 Å². The lowest BCUT2D eigenvalue weighted by atomic mass is 9.99. The van der Waals surface area contributed by atoms with Crippen LogP contribution in [0.4, 0.5) is 5.82 Å². The van der Waals surface area contributed by atoms with Crippen molar-refractivity contribution in [3.8, 4) is 5.88 Å². The SMILES string of the molecule is CCOc1cncc(N2CCC(C)C(Br)C2)n1. The molecule has 0 radical (unpaired) electrons. The highest BCUT2D eigenvalue weighted by Crippen LogP contribution is 2.26. The monoisotopic (exact) mass is 299 g/mol. The van der Waals surface area contributed by atoms with Crippen LogP contribution in [-0.4, -0.2) is 34.5 Å². The summed E-state index contributed by atoms with van der Waals surface area (Å²) in [5.74, 6) is 2.23. The quantitative estimate of drug-likeness (QED) is 0.804. The number of hydrogen-bond acceptors (Lipinski definition) is 4. The zero-order valence-corrected chi connectivity index (χ0v) is 11.9. The van der Waals surface area contributed by atoms with Gasteiger partial charge in [-0.05, 0) is 19.3 Å². The van der Waals surface area contributed by atoms with Crippen LogP contribution in [0.3, 0.4) is 0 Å². The Bertz CT molecular complexity index is 375. The van der Waals surface area contributed by atoms with Crippen LogP contribution in [0.2, 0.25) is 0 Å². The van der Waals surface area contributed by atoms with Gasteiger partial charge in [-0.15, -0.1) is 0 Å². The van der Waals surface area contributed by atoms with Gasteiger partial charge in [0.05, 0.1) is 19.0 Å². The van der Waals surface area contributed by atoms with E-state index in [1.165, 1.54) is 6.42 Å². The fourth-order valence-corrected chi connectivity index (χ4v) is 2.55. The third-order valence-corrected chi connectivity index (χ3v) is 4.27. The molecule has 17 heavy (non-hydrogen) atoms. The van der Waals surface area contributed by atoms with Crippen LogP contribution in [0.15, 0.2) is 12.4 Å². The lowest BCUT2D eigenvalue weighted by Crippen LogP contribution is -2.40. The third-order valence-electron chi connectivity index (χ3n) is 3.08. The second kappa shape index (κ2) is 5.67. The number of nitrogens with zero attached hydrogens (tertiary/aromatic N) is 3. The first-order valence-corrected chi connectivity index (χ1v) is 6.96. The highest BCUT2D eigenvalue weighted by Gasteiger charge is 2.25. The molecule has 5 heteroatoms. The molecule has 2 rings (SSSR count). The first-order valence-electron chi connectivity index (χ1n) is 6.04. The largest absolute Gasteiger partial charge is 0.477 e. The van der Waals surface area contributed by atoms with E-state index < -0.39 is 0 Å². The Morgan fingerprint density at radius 1 is 1.53 bits per heavy atom. The van der Waals surface area contributed by atoms with Gasteiger partial charge in [0.2, 0.25) is 5.88 Å². The molecule has 0 aliphatic carbocycles. The van der Waals surface area contributed by atoms with E-state index in [-0.39, 0.29) is 0 Å². The fraction of sp³-hybridized carbons (Fsp3) is 0.667. The Morgan fingerprint density at radius 3 is 3.06 bits per heavy atom. The van der Waals surface area contributed by atoms with E-state index in [4.69, 9.17) is 4.74 Å². The smallest absolute Gasteiger partial charge is 0.234 e. The molecule has 0 saturated carbocycles. The molecule has 0 amide bonds. The van der Waals surface area contributed by atoms with Gasteiger partial charge in [0, 0.05) is 17.9 Å². The highest BCUT2D eigenvalue weighted by molar-refractivity contribution is 9.09. The number of hydrogen-bond donors (Lipinski definition) is 0. The van der Waals surface area contributed by atoms with Crippen LogP contribution in [0, 0.1) is 5.92 Å². The average Bonchev–Trinajstić information content (AvgIpc) is 2.33. The van der Waals surface area contributed by atoms with Gasteiger partial charge in [0.1, 0.15) is 0 Å². The van der Waals surface area contributed by atoms with E-state index in [2.05, 4.69) is 37.7 Å². The molecule has 1 fully saturated rings. The molecule has 0 bridgehead atoms. The summed E-state index contributed by atoms with van der Waals surface area (Å²) in [4.78, 5) is 11.4. The van der Waals surface area contributed by atoms with E-state index in [1.54, 1.807) is 12.4 Å². The van der Waals surface area contributed by atoms with Crippen LogP contribution in [0.25, 0.3) is 0 Å². The van der Waals surface area contributed by atoms with Crippen LogP contribution in [0.5, 0.6) is 5.88 Å². The molecule has 1 aromatic rings. The van der Waals surface area contributed by atoms with Crippen molar-refractivity contribution >= 4 is 21.7 Å². The van der Waals surface area contributed by atoms with Gasteiger partial charge in [0.15, 0.2) is 5.82 Å². The van der Waals surface area contributed by atoms with Gasteiger partial charge >= 0.3 is 0 Å². The predicted molar refractivity (Wildman–Crippen MR) is 71.9 cm³/mol. The standard InChI is InChI=1S/C12H18BrN3O/c1-3-17-12-7-14-6-11(15-12)16-5-4-9(2)10(13)8-16/h6-7,9-10H,3-5,8H2,1-2H3. The molecule has 4 nitrogen and oxygen atoms in total. The molecule has 0 N–H and O–H groups in total. The summed E-state index contributed by atoms with van der Waals surface area (Å²) in [5.41, 5.74) is 0. The molecule has 2 unspecified atom stereocenters. The first-order chi connectivity index (χ1) is 8.20. The molecule has 0 aromatic carbocycles. The second-order valence-electron chi connectivity index (χ2n) is 4.38. The number of rotatable bonds is 3. The average molecular weight is 300 g/mol. The lowest BCUT2D eigenvalue weighted by Gasteiger charge is -2.34. The van der Waals surface area contributed by atoms with Crippen molar-refractivity contribution < 1.29 is 4.74 Å². The second-order valence-corrected chi connectivity index (χ2v) is 5.55. The number of aromatic nitrogens is 2. The van der Waals surface area contributed by atoms with E-state index in [9.17, 15) is 0 Å². The molecule has 1 saturated heterocycles. The lowest BCUT2D eigenvalue weighted by molar-refractivity contribution is 0.325. The summed E-state index contributed by atoms with van der Waals surface area (Å²) in [6, 6.07) is 0. The van der Waals surface area contributed by atoms with Gasteiger partial charge in [-0.3, -0.25) is 4.98 Å². The van der Waals surface area contributed by atoms with Crippen LogP contribution >= 0.6 is 15.9 Å². The van der Waals surface area contributed by atoms with Gasteiger partial charge in [-0.1, -0.05) is 22.9 Å². The van der Waals surface area contributed by atoms with Gasteiger partial charge in [-0.25, -0.2) is 0 Å². The minimum Gasteiger partial charge on any atom is -0.477 e. The highest BCUT2D eigenvalue weighted by atomic mass is 79.9. The predicted octanol–water partition coefficient (Wildman–Crippen LogP) is 2.49. The Labute approximate surface area is 111 Å². The van der Waals surface area contributed by atoms with E-state index in [0.717, 1.165) is 18.9 Å². The molecular formula is C12H18BrN3O. The molecule has 2 atom stereocenters. The van der Waals surface area contributed by atoms with Gasteiger partial charge in [-0.2, -0.15) is 4.98 Å². The Morgan fingerprint density at radius 2 is 2.35 bits per heavy atom. The van der Waals surface area contributed by atoms with E-state index >= 15 is 0 Å². The van der Waals surface area contributed by atoms with Crippen molar-refractivity contribution in [2.24, 2.45) is 5.92 Å². The fourth-order valence-electron chi connectivity index (χ4n) is 1.94. The minimum absolute atomic E-state index is 0.522. The summed E-state index contributed by atoms with van der Waals surface area (Å²) < 4.78 is 5.37. The summed E-state index contributed by atoms with van der Waals surface area (Å²) in [5, 5.41) is 0. The van der Waals surface area contributed by atoms with Crippen molar-refractivity contribution in [3.05, 3.63) is 12.4 Å². The van der Waals surface area contributed by atoms with Crippen LogP contribution in [0.1, 0.15) is 20.3 Å². The van der Waals surface area contributed by atoms with Crippen LogP contribution < -0.4 is 9.64 Å². The maximum Gasteiger partial charge on any atom is 0.234 e. The Kier molecular flexibility index (Phi) is 4.20. The maximum atomic E-state index is 5.37. The first kappa shape index (κ1) is 12.6. The maximum absolute atomic E-state index is 5.37. The van der Waals surface area contributed by atoms with Crippen molar-refractivity contribution in [2.75, 3.05) is 24.6 Å². The van der Waals surface area contributed by atoms with Gasteiger partial charge < -0.3 is 9.64 Å². The molecule has 1 aromatic heterocycles. The zero-order chi connectivity index (χ0) is 12.3. The minimum atomic E-state index is 0.522. The summed E-state index contributed by atoms with van der Waals surface area (Å²) in [6.07, 6.45) is 4.64. The topological polar surface area (TPSA) is 38.2 Å². The van der Waals surface area contributed by atoms with Crippen molar-refractivity contribution in [3.63, 3.8) is 0 Å². The number of alkyl halides is 1. The van der Waals surface area contributed by atoms with E-state index in [1.807, 2.05) is 6.92 Å². The molecule has 1 aliphatic heterocycles. The molecule has 2 heterocycles.